The standard InChI is InChI=1S/C14H22N2O3S/c1-16(2)20(17,18)14-7-3-5-13(11-14)15-12-6-4-9-19-10-8-12/h3,5,7,11-12,15H,4,6,8-10H2,1-2H3. The van der Waals surface area contributed by atoms with Crippen LogP contribution in [0.25, 0.3) is 0 Å². The lowest BCUT2D eigenvalue weighted by atomic mass is 10.1. The molecule has 1 atom stereocenters. The fourth-order valence-electron chi connectivity index (χ4n) is 2.24. The molecule has 0 aromatic heterocycles. The van der Waals surface area contributed by atoms with Crippen LogP contribution >= 0.6 is 0 Å². The molecule has 2 rings (SSSR count). The highest BCUT2D eigenvalue weighted by Gasteiger charge is 2.18. The number of hydrogen-bond donors (Lipinski definition) is 1. The van der Waals surface area contributed by atoms with Crippen molar-refractivity contribution in [2.75, 3.05) is 32.6 Å². The monoisotopic (exact) mass is 298 g/mol. The molecule has 0 spiro atoms. The van der Waals surface area contributed by atoms with Crippen LogP contribution in [-0.4, -0.2) is 46.1 Å². The Morgan fingerprint density at radius 2 is 2.05 bits per heavy atom. The summed E-state index contributed by atoms with van der Waals surface area (Å²) in [6, 6.07) is 7.33. The molecule has 112 valence electrons. The third-order valence-corrected chi connectivity index (χ3v) is 5.25. The normalized spacial score (nSPS) is 20.6. The molecule has 1 aliphatic heterocycles. The molecule has 1 aliphatic rings. The van der Waals surface area contributed by atoms with E-state index in [9.17, 15) is 8.42 Å². The van der Waals surface area contributed by atoms with Gasteiger partial charge in [0.1, 0.15) is 0 Å². The van der Waals surface area contributed by atoms with Gasteiger partial charge in [-0.3, -0.25) is 0 Å². The van der Waals surface area contributed by atoms with E-state index in [0.717, 1.165) is 38.2 Å². The largest absolute Gasteiger partial charge is 0.382 e. The molecule has 5 nitrogen and oxygen atoms in total. The number of sulfonamides is 1. The van der Waals surface area contributed by atoms with Gasteiger partial charge in [-0.15, -0.1) is 0 Å². The van der Waals surface area contributed by atoms with Crippen molar-refractivity contribution in [2.45, 2.75) is 30.2 Å². The maximum Gasteiger partial charge on any atom is 0.242 e. The lowest BCUT2D eigenvalue weighted by Crippen LogP contribution is -2.23. The lowest BCUT2D eigenvalue weighted by Gasteiger charge is -2.18. The first-order chi connectivity index (χ1) is 9.50. The van der Waals surface area contributed by atoms with Crippen molar-refractivity contribution in [3.8, 4) is 0 Å². The van der Waals surface area contributed by atoms with E-state index in [0.29, 0.717) is 10.9 Å². The fourth-order valence-corrected chi connectivity index (χ4v) is 3.19. The van der Waals surface area contributed by atoms with Crippen molar-refractivity contribution in [3.63, 3.8) is 0 Å². The summed E-state index contributed by atoms with van der Waals surface area (Å²) in [5.41, 5.74) is 0.847. The molecule has 1 heterocycles. The Kier molecular flexibility index (Phi) is 5.01. The van der Waals surface area contributed by atoms with Crippen LogP contribution in [-0.2, 0) is 14.8 Å². The Bertz CT molecular complexity index is 535. The van der Waals surface area contributed by atoms with E-state index in [1.54, 1.807) is 18.2 Å². The van der Waals surface area contributed by atoms with Crippen LogP contribution in [0, 0.1) is 0 Å². The van der Waals surface area contributed by atoms with Crippen LogP contribution in [0.3, 0.4) is 0 Å². The average Bonchev–Trinajstić information content (AvgIpc) is 2.67. The number of ether oxygens (including phenoxy) is 1. The van der Waals surface area contributed by atoms with Gasteiger partial charge in [-0.1, -0.05) is 6.07 Å². The molecule has 1 saturated heterocycles. The summed E-state index contributed by atoms with van der Waals surface area (Å²) >= 11 is 0. The topological polar surface area (TPSA) is 58.6 Å². The maximum atomic E-state index is 12.1. The molecule has 6 heteroatoms. The highest BCUT2D eigenvalue weighted by Crippen LogP contribution is 2.20. The summed E-state index contributed by atoms with van der Waals surface area (Å²) < 4.78 is 30.9. The Labute approximate surface area is 121 Å². The molecule has 0 radical (unpaired) electrons. The first-order valence-electron chi connectivity index (χ1n) is 6.87. The van der Waals surface area contributed by atoms with Crippen LogP contribution in [0.1, 0.15) is 19.3 Å². The molecule has 1 aromatic carbocycles. The molecule has 1 unspecified atom stereocenters. The second-order valence-electron chi connectivity index (χ2n) is 5.20. The van der Waals surface area contributed by atoms with Gasteiger partial charge in [0.05, 0.1) is 4.90 Å². The van der Waals surface area contributed by atoms with E-state index < -0.39 is 10.0 Å². The third kappa shape index (κ3) is 3.71. The predicted octanol–water partition coefficient (Wildman–Crippen LogP) is 1.92. The molecule has 0 aliphatic carbocycles. The maximum absolute atomic E-state index is 12.1. The van der Waals surface area contributed by atoms with Crippen molar-refractivity contribution < 1.29 is 13.2 Å². The van der Waals surface area contributed by atoms with E-state index in [4.69, 9.17) is 4.74 Å². The molecule has 0 bridgehead atoms. The van der Waals surface area contributed by atoms with Crippen LogP contribution in [0.5, 0.6) is 0 Å². The van der Waals surface area contributed by atoms with Gasteiger partial charge in [-0.05, 0) is 37.5 Å². The molecule has 0 amide bonds. The van der Waals surface area contributed by atoms with Crippen LogP contribution in [0.15, 0.2) is 29.2 Å². The van der Waals surface area contributed by atoms with Crippen molar-refractivity contribution in [1.29, 1.82) is 0 Å². The Hall–Kier alpha value is -1.11. The third-order valence-electron chi connectivity index (χ3n) is 3.44. The fraction of sp³-hybridized carbons (Fsp3) is 0.571. The lowest BCUT2D eigenvalue weighted by molar-refractivity contribution is 0.144. The SMILES string of the molecule is CN(C)S(=O)(=O)c1cccc(NC2CCCOCC2)c1. The summed E-state index contributed by atoms with van der Waals surface area (Å²) in [7, 11) is -0.299. The molecular formula is C14H22N2O3S. The minimum Gasteiger partial charge on any atom is -0.382 e. The Morgan fingerprint density at radius 3 is 2.80 bits per heavy atom. The van der Waals surface area contributed by atoms with Gasteiger partial charge in [0.25, 0.3) is 0 Å². The number of nitrogens with zero attached hydrogens (tertiary/aromatic N) is 1. The van der Waals surface area contributed by atoms with Gasteiger partial charge in [0.2, 0.25) is 10.0 Å². The van der Waals surface area contributed by atoms with Gasteiger partial charge in [0.15, 0.2) is 0 Å². The molecular weight excluding hydrogens is 276 g/mol. The zero-order valence-electron chi connectivity index (χ0n) is 12.0. The summed E-state index contributed by atoms with van der Waals surface area (Å²) in [5.74, 6) is 0. The first kappa shape index (κ1) is 15.3. The number of benzene rings is 1. The van der Waals surface area contributed by atoms with Gasteiger partial charge in [-0.2, -0.15) is 0 Å². The van der Waals surface area contributed by atoms with Gasteiger partial charge < -0.3 is 10.1 Å². The van der Waals surface area contributed by atoms with Crippen LogP contribution in [0.4, 0.5) is 5.69 Å². The number of rotatable bonds is 4. The zero-order chi connectivity index (χ0) is 14.6. The van der Waals surface area contributed by atoms with E-state index in [-0.39, 0.29) is 0 Å². The molecule has 0 saturated carbocycles. The summed E-state index contributed by atoms with van der Waals surface area (Å²) in [4.78, 5) is 0.317. The zero-order valence-corrected chi connectivity index (χ0v) is 12.8. The molecule has 20 heavy (non-hydrogen) atoms. The highest BCUT2D eigenvalue weighted by atomic mass is 32.2. The number of nitrogens with one attached hydrogen (secondary N) is 1. The Balaban J connectivity index is 2.13. The van der Waals surface area contributed by atoms with E-state index >= 15 is 0 Å². The number of hydrogen-bond acceptors (Lipinski definition) is 4. The molecule has 1 N–H and O–H groups in total. The highest BCUT2D eigenvalue weighted by molar-refractivity contribution is 7.89. The van der Waals surface area contributed by atoms with Crippen molar-refractivity contribution in [1.82, 2.24) is 4.31 Å². The Morgan fingerprint density at radius 1 is 1.25 bits per heavy atom. The molecule has 1 aromatic rings. The minimum atomic E-state index is -3.38. The summed E-state index contributed by atoms with van der Waals surface area (Å²) in [6.07, 6.45) is 3.03. The first-order valence-corrected chi connectivity index (χ1v) is 8.31. The van der Waals surface area contributed by atoms with Crippen molar-refractivity contribution >= 4 is 15.7 Å². The van der Waals surface area contributed by atoms with Gasteiger partial charge in [0, 0.05) is 39.0 Å². The second kappa shape index (κ2) is 6.56. The molecule has 1 fully saturated rings. The smallest absolute Gasteiger partial charge is 0.242 e. The van der Waals surface area contributed by atoms with E-state index in [1.165, 1.54) is 18.4 Å². The van der Waals surface area contributed by atoms with Gasteiger partial charge in [-0.25, -0.2) is 12.7 Å². The van der Waals surface area contributed by atoms with Crippen molar-refractivity contribution in [2.24, 2.45) is 0 Å². The van der Waals surface area contributed by atoms with E-state index in [1.807, 2.05) is 6.07 Å². The van der Waals surface area contributed by atoms with Crippen LogP contribution in [0.2, 0.25) is 0 Å². The van der Waals surface area contributed by atoms with E-state index in [2.05, 4.69) is 5.32 Å². The quantitative estimate of drug-likeness (QED) is 0.922. The van der Waals surface area contributed by atoms with Gasteiger partial charge >= 0.3 is 0 Å². The minimum absolute atomic E-state index is 0.317. The van der Waals surface area contributed by atoms with Crippen LogP contribution < -0.4 is 5.32 Å². The summed E-state index contributed by atoms with van der Waals surface area (Å²) in [5, 5.41) is 3.41. The predicted molar refractivity (Wildman–Crippen MR) is 79.4 cm³/mol. The average molecular weight is 298 g/mol. The summed E-state index contributed by atoms with van der Waals surface area (Å²) in [6.45, 7) is 1.57. The second-order valence-corrected chi connectivity index (χ2v) is 7.35. The number of anilines is 1. The van der Waals surface area contributed by atoms with Crippen molar-refractivity contribution in [3.05, 3.63) is 24.3 Å².